The van der Waals surface area contributed by atoms with Gasteiger partial charge in [0.2, 0.25) is 0 Å². The summed E-state index contributed by atoms with van der Waals surface area (Å²) in [4.78, 5) is 0. The third-order valence-corrected chi connectivity index (χ3v) is 13.6. The predicted molar refractivity (Wildman–Crippen MR) is 232 cm³/mol. The molecule has 378 valence electrons. The van der Waals surface area contributed by atoms with E-state index < -0.39 is 121 Å². The van der Waals surface area contributed by atoms with Gasteiger partial charge in [-0.3, -0.25) is 0 Å². The Bertz CT molecular complexity index is 1310. The first kappa shape index (κ1) is 56.2. The van der Waals surface area contributed by atoms with Crippen molar-refractivity contribution in [1.29, 1.82) is 0 Å². The van der Waals surface area contributed by atoms with E-state index in [-0.39, 0.29) is 32.5 Å². The van der Waals surface area contributed by atoms with Crippen LogP contribution in [0.25, 0.3) is 0 Å². The molecule has 4 rings (SSSR count). The van der Waals surface area contributed by atoms with Crippen LogP contribution in [0.3, 0.4) is 0 Å². The maximum Gasteiger partial charge on any atom is 0.187 e. The third kappa shape index (κ3) is 12.3. The zero-order chi connectivity index (χ0) is 47.4. The van der Waals surface area contributed by atoms with Crippen LogP contribution in [0.15, 0.2) is 0 Å². The Morgan fingerprint density at radius 3 is 1.34 bits per heavy atom. The zero-order valence-corrected chi connectivity index (χ0v) is 42.1. The highest BCUT2D eigenvalue weighted by molar-refractivity contribution is 7.18. The van der Waals surface area contributed by atoms with Crippen molar-refractivity contribution in [3.63, 3.8) is 0 Å². The molecule has 0 bridgehead atoms. The second kappa shape index (κ2) is 26.6. The molecular formula is C43H81O20P. The molecule has 0 amide bonds. The molecule has 0 aromatic rings. The van der Waals surface area contributed by atoms with Gasteiger partial charge >= 0.3 is 0 Å². The smallest absolute Gasteiger partial charge is 0.187 e. The standard InChI is InChI=1S/C43H81O20P/c1-17-42(2,39-36(54-14)33(51-11)29(50-10)25(58-39)19-45-5)62-32-27(21-47-7)60-41(38(56-16)35(32)53-13)61-30-26(20-46-6)59-40(37(55-15)34(30)52-12)43(3,64)63-31-24(18-44-4)57-22-23(48-8)28(31)49-9/h23-41H,17-22,64H2,1-16H3/t23?,24?,25?,26?,27?,28?,29-,30-,31-,32-,33?,34?,35?,36?,37?,38?,39-,40-,41+,42?,43?/m1/s1. The third-order valence-electron chi connectivity index (χ3n) is 13.1. The van der Waals surface area contributed by atoms with Gasteiger partial charge in [-0.25, -0.2) is 0 Å². The summed E-state index contributed by atoms with van der Waals surface area (Å²) in [6.45, 7) is 6.95. The van der Waals surface area contributed by atoms with Gasteiger partial charge in [0.05, 0.1) is 38.6 Å². The van der Waals surface area contributed by atoms with Crippen LogP contribution in [-0.2, 0) is 94.7 Å². The summed E-state index contributed by atoms with van der Waals surface area (Å²) in [5, 5.41) is -1.11. The van der Waals surface area contributed by atoms with Gasteiger partial charge in [-0.05, 0) is 20.3 Å². The van der Waals surface area contributed by atoms with Crippen LogP contribution in [0.1, 0.15) is 27.2 Å². The van der Waals surface area contributed by atoms with Crippen LogP contribution in [0, 0.1) is 0 Å². The van der Waals surface area contributed by atoms with E-state index in [0.29, 0.717) is 13.0 Å². The van der Waals surface area contributed by atoms with Gasteiger partial charge in [-0.1, -0.05) is 6.92 Å². The first-order valence-corrected chi connectivity index (χ1v) is 22.4. The monoisotopic (exact) mass is 949 g/mol. The van der Waals surface area contributed by atoms with E-state index in [9.17, 15) is 0 Å². The number of hydrogen-bond acceptors (Lipinski definition) is 20. The molecule has 0 aliphatic carbocycles. The van der Waals surface area contributed by atoms with Gasteiger partial charge in [0.1, 0.15) is 115 Å². The van der Waals surface area contributed by atoms with E-state index in [1.165, 1.54) is 0 Å². The molecule has 4 fully saturated rings. The second-order valence-electron chi connectivity index (χ2n) is 16.9. The zero-order valence-electron chi connectivity index (χ0n) is 41.0. The summed E-state index contributed by atoms with van der Waals surface area (Å²) in [5.74, 6) is 0. The fourth-order valence-corrected chi connectivity index (χ4v) is 10.2. The summed E-state index contributed by atoms with van der Waals surface area (Å²) in [6, 6.07) is 0. The lowest BCUT2D eigenvalue weighted by atomic mass is 9.83. The fraction of sp³-hybridized carbons (Fsp3) is 1.00. The summed E-state index contributed by atoms with van der Waals surface area (Å²) < 4.78 is 125. The van der Waals surface area contributed by atoms with E-state index in [2.05, 4.69) is 9.24 Å². The molecule has 15 unspecified atom stereocenters. The minimum absolute atomic E-state index is 0.113. The van der Waals surface area contributed by atoms with Crippen LogP contribution in [0.4, 0.5) is 0 Å². The molecule has 0 N–H and O–H groups in total. The molecule has 0 radical (unpaired) electrons. The van der Waals surface area contributed by atoms with Crippen LogP contribution >= 0.6 is 9.24 Å². The molecule has 0 spiro atoms. The van der Waals surface area contributed by atoms with E-state index in [1.54, 1.807) is 92.4 Å². The lowest BCUT2D eigenvalue weighted by Gasteiger charge is -2.54. The Labute approximate surface area is 383 Å². The largest absolute Gasteiger partial charge is 0.382 e. The molecule has 0 saturated carbocycles. The summed E-state index contributed by atoms with van der Waals surface area (Å²) in [6.07, 6.45) is -12.0. The van der Waals surface area contributed by atoms with E-state index in [4.69, 9.17) is 94.7 Å². The van der Waals surface area contributed by atoms with Crippen molar-refractivity contribution in [3.05, 3.63) is 0 Å². The highest BCUT2D eigenvalue weighted by Crippen LogP contribution is 2.43. The summed E-state index contributed by atoms with van der Waals surface area (Å²) in [7, 11) is 23.6. The SMILES string of the molecule is CCC(C)(O[C@@H]1C(COC)O[C@@H](O[C@@H]2C(COC)O[C@@H](C(C)(P)O[C@@H]3C(COC)OCC(OC)C3OC)C(OC)C2OC)C(OC)C1OC)[C@@H]1OC(COC)[C@@H](OC)C(OC)C1OC. The Kier molecular flexibility index (Phi) is 23.3. The molecule has 4 aliphatic rings. The molecule has 4 saturated heterocycles. The van der Waals surface area contributed by atoms with Crippen LogP contribution in [-0.4, -0.2) is 253 Å². The summed E-state index contributed by atoms with van der Waals surface area (Å²) >= 11 is 0. The first-order valence-electron chi connectivity index (χ1n) is 21.8. The average Bonchev–Trinajstić information content (AvgIpc) is 3.29. The normalized spacial score (nSPS) is 41.7. The van der Waals surface area contributed by atoms with Crippen LogP contribution in [0.2, 0.25) is 0 Å². The lowest BCUT2D eigenvalue weighted by Crippen LogP contribution is -2.70. The lowest BCUT2D eigenvalue weighted by molar-refractivity contribution is -0.371. The van der Waals surface area contributed by atoms with Crippen molar-refractivity contribution in [3.8, 4) is 0 Å². The maximum absolute atomic E-state index is 7.18. The quantitative estimate of drug-likeness (QED) is 0.113. The van der Waals surface area contributed by atoms with Gasteiger partial charge in [0.25, 0.3) is 0 Å². The minimum atomic E-state index is -1.11. The molecule has 4 heterocycles. The van der Waals surface area contributed by atoms with Crippen molar-refractivity contribution >= 4 is 9.24 Å². The van der Waals surface area contributed by atoms with Crippen molar-refractivity contribution in [1.82, 2.24) is 0 Å². The maximum atomic E-state index is 7.18. The fourth-order valence-electron chi connectivity index (χ4n) is 9.77. The van der Waals surface area contributed by atoms with Crippen LogP contribution < -0.4 is 0 Å². The molecular weight excluding hydrogens is 867 g/mol. The van der Waals surface area contributed by atoms with Crippen molar-refractivity contribution in [2.45, 2.75) is 154 Å². The molecule has 0 aromatic heterocycles. The topological polar surface area (TPSA) is 185 Å². The number of methoxy groups -OCH3 is 13. The van der Waals surface area contributed by atoms with Gasteiger partial charge < -0.3 is 94.7 Å². The molecule has 64 heavy (non-hydrogen) atoms. The molecule has 20 nitrogen and oxygen atoms in total. The second-order valence-corrected chi connectivity index (χ2v) is 18.1. The van der Waals surface area contributed by atoms with Crippen molar-refractivity contribution in [2.75, 3.05) is 125 Å². The van der Waals surface area contributed by atoms with Gasteiger partial charge in [0, 0.05) is 92.4 Å². The molecule has 22 atom stereocenters. The Balaban J connectivity index is 1.66. The van der Waals surface area contributed by atoms with E-state index >= 15 is 0 Å². The molecule has 0 aromatic carbocycles. The Hall–Kier alpha value is -0.370. The summed E-state index contributed by atoms with van der Waals surface area (Å²) in [5.41, 5.74) is -0.998. The Morgan fingerprint density at radius 2 is 0.859 bits per heavy atom. The first-order chi connectivity index (χ1) is 30.7. The minimum Gasteiger partial charge on any atom is -0.382 e. The van der Waals surface area contributed by atoms with Crippen LogP contribution in [0.5, 0.6) is 0 Å². The molecule has 4 aliphatic heterocycles. The van der Waals surface area contributed by atoms with Crippen molar-refractivity contribution in [2.24, 2.45) is 0 Å². The predicted octanol–water partition coefficient (Wildman–Crippen LogP) is 1.28. The number of rotatable bonds is 26. The number of ether oxygens (including phenoxy) is 20. The van der Waals surface area contributed by atoms with E-state index in [1.807, 2.05) is 20.8 Å². The van der Waals surface area contributed by atoms with Gasteiger partial charge in [-0.2, -0.15) is 0 Å². The Morgan fingerprint density at radius 1 is 0.438 bits per heavy atom. The molecule has 21 heteroatoms. The van der Waals surface area contributed by atoms with E-state index in [0.717, 1.165) is 0 Å². The number of hydrogen-bond donors (Lipinski definition) is 0. The van der Waals surface area contributed by atoms with Gasteiger partial charge in [-0.15, -0.1) is 9.24 Å². The average molecular weight is 949 g/mol. The van der Waals surface area contributed by atoms with Crippen molar-refractivity contribution < 1.29 is 94.7 Å². The highest BCUT2D eigenvalue weighted by Gasteiger charge is 2.60. The van der Waals surface area contributed by atoms with Gasteiger partial charge in [0.15, 0.2) is 6.29 Å². The highest BCUT2D eigenvalue weighted by atomic mass is 31.0.